The first kappa shape index (κ1) is 17.0. The van der Waals surface area contributed by atoms with Crippen molar-refractivity contribution < 1.29 is 19.4 Å². The molecule has 0 unspecified atom stereocenters. The van der Waals surface area contributed by atoms with Gasteiger partial charge in [-0.3, -0.25) is 0 Å². The van der Waals surface area contributed by atoms with Crippen LogP contribution in [0.2, 0.25) is 0 Å². The molecular weight excluding hydrogens is 272 g/mol. The van der Waals surface area contributed by atoms with Gasteiger partial charge in [-0.1, -0.05) is 26.0 Å². The van der Waals surface area contributed by atoms with Gasteiger partial charge in [-0.2, -0.15) is 0 Å². The molecule has 1 aromatic carbocycles. The molecule has 0 heterocycles. The molecular formula is C15H22N2O4. The summed E-state index contributed by atoms with van der Waals surface area (Å²) in [6, 6.07) is 5.76. The maximum atomic E-state index is 11.9. The highest BCUT2D eigenvalue weighted by molar-refractivity contribution is 5.92. The van der Waals surface area contributed by atoms with Crippen LogP contribution in [-0.4, -0.2) is 30.3 Å². The highest BCUT2D eigenvalue weighted by Gasteiger charge is 2.20. The molecule has 3 N–H and O–H groups in total. The quantitative estimate of drug-likeness (QED) is 0.721. The van der Waals surface area contributed by atoms with Gasteiger partial charge in [0.1, 0.15) is 6.04 Å². The molecule has 1 atom stereocenters. The van der Waals surface area contributed by atoms with Crippen molar-refractivity contribution in [3.05, 3.63) is 29.8 Å². The van der Waals surface area contributed by atoms with E-state index in [0.29, 0.717) is 18.7 Å². The molecule has 0 saturated heterocycles. The molecule has 0 saturated carbocycles. The van der Waals surface area contributed by atoms with Crippen LogP contribution in [0, 0.1) is 5.92 Å². The molecule has 0 fully saturated rings. The molecule has 1 aromatic rings. The highest BCUT2D eigenvalue weighted by Crippen LogP contribution is 2.12. The van der Waals surface area contributed by atoms with Crippen molar-refractivity contribution in [2.45, 2.75) is 32.9 Å². The number of benzene rings is 1. The van der Waals surface area contributed by atoms with Crippen molar-refractivity contribution in [3.8, 4) is 0 Å². The number of ether oxygens (including phenoxy) is 1. The third-order valence-corrected chi connectivity index (χ3v) is 2.81. The number of carbonyl (C=O) groups excluding carboxylic acids is 1. The number of hydrogen-bond acceptors (Lipinski definition) is 3. The van der Waals surface area contributed by atoms with E-state index in [1.807, 2.05) is 19.9 Å². The van der Waals surface area contributed by atoms with Crippen LogP contribution in [0.5, 0.6) is 0 Å². The van der Waals surface area contributed by atoms with E-state index in [1.54, 1.807) is 25.3 Å². The number of amides is 2. The predicted molar refractivity (Wildman–Crippen MR) is 80.2 cm³/mol. The lowest BCUT2D eigenvalue weighted by Gasteiger charge is -2.17. The van der Waals surface area contributed by atoms with E-state index in [1.165, 1.54) is 0 Å². The highest BCUT2D eigenvalue weighted by atomic mass is 16.5. The molecule has 116 valence electrons. The van der Waals surface area contributed by atoms with Gasteiger partial charge in [0.05, 0.1) is 6.61 Å². The summed E-state index contributed by atoms with van der Waals surface area (Å²) >= 11 is 0. The van der Waals surface area contributed by atoms with Crippen LogP contribution in [0.1, 0.15) is 25.8 Å². The average Bonchev–Trinajstić information content (AvgIpc) is 2.38. The molecule has 0 aliphatic heterocycles. The summed E-state index contributed by atoms with van der Waals surface area (Å²) in [6.07, 6.45) is 0.381. The fourth-order valence-corrected chi connectivity index (χ4v) is 1.92. The Labute approximate surface area is 124 Å². The first-order valence-corrected chi connectivity index (χ1v) is 6.80. The SMILES string of the molecule is COCc1cccc(NC(=O)N[C@@H](CC(C)C)C(=O)O)c1. The van der Waals surface area contributed by atoms with Crippen LogP contribution in [0.3, 0.4) is 0 Å². The van der Waals surface area contributed by atoms with Crippen LogP contribution in [0.15, 0.2) is 24.3 Å². The Balaban J connectivity index is 2.63. The van der Waals surface area contributed by atoms with E-state index in [4.69, 9.17) is 9.84 Å². The van der Waals surface area contributed by atoms with Gasteiger partial charge in [0.15, 0.2) is 0 Å². The van der Waals surface area contributed by atoms with Crippen LogP contribution in [0.4, 0.5) is 10.5 Å². The number of carboxylic acid groups (broad SMARTS) is 1. The van der Waals surface area contributed by atoms with Gasteiger partial charge in [0.2, 0.25) is 0 Å². The van der Waals surface area contributed by atoms with Crippen molar-refractivity contribution in [1.82, 2.24) is 5.32 Å². The van der Waals surface area contributed by atoms with Gasteiger partial charge in [-0.05, 0) is 30.0 Å². The standard InChI is InChI=1S/C15H22N2O4/c1-10(2)7-13(14(18)19)17-15(20)16-12-6-4-5-11(8-12)9-21-3/h4-6,8,10,13H,7,9H2,1-3H3,(H,18,19)(H2,16,17,20)/t13-/m0/s1. The molecule has 2 amide bonds. The Bertz CT molecular complexity index is 488. The number of carbonyl (C=O) groups is 2. The van der Waals surface area contributed by atoms with E-state index in [0.717, 1.165) is 5.56 Å². The minimum atomic E-state index is -1.04. The second-order valence-corrected chi connectivity index (χ2v) is 5.25. The van der Waals surface area contributed by atoms with Gasteiger partial charge in [0.25, 0.3) is 0 Å². The van der Waals surface area contributed by atoms with Crippen molar-refractivity contribution >= 4 is 17.7 Å². The fourth-order valence-electron chi connectivity index (χ4n) is 1.92. The van der Waals surface area contributed by atoms with Crippen LogP contribution in [0.25, 0.3) is 0 Å². The molecule has 0 spiro atoms. The van der Waals surface area contributed by atoms with E-state index in [2.05, 4.69) is 10.6 Å². The molecule has 0 aliphatic carbocycles. The summed E-state index contributed by atoms with van der Waals surface area (Å²) in [5.74, 6) is -0.858. The summed E-state index contributed by atoms with van der Waals surface area (Å²) in [5, 5.41) is 14.2. The second-order valence-electron chi connectivity index (χ2n) is 5.25. The van der Waals surface area contributed by atoms with Gasteiger partial charge in [-0.25, -0.2) is 9.59 Å². The Morgan fingerprint density at radius 2 is 2.05 bits per heavy atom. The van der Waals surface area contributed by atoms with Crippen molar-refractivity contribution in [1.29, 1.82) is 0 Å². The predicted octanol–water partition coefficient (Wildman–Crippen LogP) is 2.45. The number of anilines is 1. The lowest BCUT2D eigenvalue weighted by molar-refractivity contribution is -0.139. The minimum absolute atomic E-state index is 0.177. The monoisotopic (exact) mass is 294 g/mol. The van der Waals surface area contributed by atoms with Gasteiger partial charge in [0, 0.05) is 12.8 Å². The van der Waals surface area contributed by atoms with E-state index in [9.17, 15) is 9.59 Å². The number of rotatable bonds is 7. The van der Waals surface area contributed by atoms with Crippen molar-refractivity contribution in [2.75, 3.05) is 12.4 Å². The van der Waals surface area contributed by atoms with E-state index >= 15 is 0 Å². The molecule has 0 aliphatic rings. The number of methoxy groups -OCH3 is 1. The molecule has 21 heavy (non-hydrogen) atoms. The first-order chi connectivity index (χ1) is 9.92. The molecule has 0 aromatic heterocycles. The number of carboxylic acids is 1. The first-order valence-electron chi connectivity index (χ1n) is 6.80. The van der Waals surface area contributed by atoms with Crippen LogP contribution < -0.4 is 10.6 Å². The van der Waals surface area contributed by atoms with Crippen molar-refractivity contribution in [2.24, 2.45) is 5.92 Å². The lowest BCUT2D eigenvalue weighted by Crippen LogP contribution is -2.43. The lowest BCUT2D eigenvalue weighted by atomic mass is 10.0. The maximum Gasteiger partial charge on any atom is 0.326 e. The normalized spacial score (nSPS) is 12.0. The molecule has 0 radical (unpaired) electrons. The Kier molecular flexibility index (Phi) is 6.68. The second kappa shape index (κ2) is 8.26. The fraction of sp³-hybridized carbons (Fsp3) is 0.467. The van der Waals surface area contributed by atoms with Crippen molar-refractivity contribution in [3.63, 3.8) is 0 Å². The average molecular weight is 294 g/mol. The van der Waals surface area contributed by atoms with E-state index in [-0.39, 0.29) is 5.92 Å². The van der Waals surface area contributed by atoms with Crippen LogP contribution >= 0.6 is 0 Å². The number of hydrogen-bond donors (Lipinski definition) is 3. The Morgan fingerprint density at radius 3 is 2.62 bits per heavy atom. The largest absolute Gasteiger partial charge is 0.480 e. The van der Waals surface area contributed by atoms with Gasteiger partial charge < -0.3 is 20.5 Å². The number of nitrogens with one attached hydrogen (secondary N) is 2. The zero-order valence-corrected chi connectivity index (χ0v) is 12.6. The minimum Gasteiger partial charge on any atom is -0.480 e. The summed E-state index contributed by atoms with van der Waals surface area (Å²) in [6.45, 7) is 4.26. The number of aliphatic carboxylic acids is 1. The molecule has 0 bridgehead atoms. The summed E-state index contributed by atoms with van der Waals surface area (Å²) in [4.78, 5) is 23.0. The molecule has 6 heteroatoms. The molecule has 1 rings (SSSR count). The zero-order chi connectivity index (χ0) is 15.8. The van der Waals surface area contributed by atoms with E-state index < -0.39 is 18.0 Å². The maximum absolute atomic E-state index is 11.9. The summed E-state index contributed by atoms with van der Waals surface area (Å²) in [7, 11) is 1.59. The summed E-state index contributed by atoms with van der Waals surface area (Å²) in [5.41, 5.74) is 1.52. The zero-order valence-electron chi connectivity index (χ0n) is 12.6. The topological polar surface area (TPSA) is 87.7 Å². The Hall–Kier alpha value is -2.08. The number of urea groups is 1. The van der Waals surface area contributed by atoms with Gasteiger partial charge in [-0.15, -0.1) is 0 Å². The molecule has 6 nitrogen and oxygen atoms in total. The third kappa shape index (κ3) is 6.27. The van der Waals surface area contributed by atoms with Gasteiger partial charge >= 0.3 is 12.0 Å². The van der Waals surface area contributed by atoms with Crippen LogP contribution in [-0.2, 0) is 16.1 Å². The Morgan fingerprint density at radius 1 is 1.33 bits per heavy atom. The summed E-state index contributed by atoms with van der Waals surface area (Å²) < 4.78 is 5.02. The third-order valence-electron chi connectivity index (χ3n) is 2.81. The smallest absolute Gasteiger partial charge is 0.326 e.